The number of likely N-dealkylation sites (tertiary alicyclic amines) is 1. The molecule has 6 heteroatoms. The lowest BCUT2D eigenvalue weighted by atomic mass is 9.86. The van der Waals surface area contributed by atoms with Crippen LogP contribution in [0.5, 0.6) is 5.75 Å². The maximum Gasteiger partial charge on any atom is 0.330 e. The molecule has 1 aliphatic rings. The predicted octanol–water partition coefficient (Wildman–Crippen LogP) is 2.28. The van der Waals surface area contributed by atoms with Gasteiger partial charge in [-0.2, -0.15) is 0 Å². The predicted molar refractivity (Wildman–Crippen MR) is 90.1 cm³/mol. The molecule has 1 aromatic heterocycles. The summed E-state index contributed by atoms with van der Waals surface area (Å²) >= 11 is 0. The van der Waals surface area contributed by atoms with E-state index in [-0.39, 0.29) is 0 Å². The quantitative estimate of drug-likeness (QED) is 0.911. The number of carboxylic acid groups (broad SMARTS) is 1. The highest BCUT2D eigenvalue weighted by molar-refractivity contribution is 5.77. The minimum Gasteiger partial charge on any atom is -0.496 e. The first kappa shape index (κ1) is 16.5. The van der Waals surface area contributed by atoms with Gasteiger partial charge in [-0.3, -0.25) is 4.90 Å². The molecule has 1 aliphatic heterocycles. The van der Waals surface area contributed by atoms with E-state index in [1.165, 1.54) is 0 Å². The molecular formula is C18H23N3O3. The van der Waals surface area contributed by atoms with Crippen molar-refractivity contribution in [2.45, 2.75) is 31.8 Å². The van der Waals surface area contributed by atoms with Crippen molar-refractivity contribution in [2.75, 3.05) is 20.2 Å². The molecule has 1 aromatic carbocycles. The molecule has 1 saturated heterocycles. The number of para-hydroxylation sites is 1. The van der Waals surface area contributed by atoms with E-state index in [1.54, 1.807) is 19.5 Å². The molecule has 0 bridgehead atoms. The summed E-state index contributed by atoms with van der Waals surface area (Å²) in [5, 5.41) is 9.86. The van der Waals surface area contributed by atoms with Crippen molar-refractivity contribution < 1.29 is 14.6 Å². The molecule has 24 heavy (non-hydrogen) atoms. The third-order valence-corrected chi connectivity index (χ3v) is 4.95. The lowest BCUT2D eigenvalue weighted by Gasteiger charge is -2.40. The first-order chi connectivity index (χ1) is 11.6. The largest absolute Gasteiger partial charge is 0.496 e. The molecule has 2 aromatic rings. The van der Waals surface area contributed by atoms with Crippen LogP contribution in [0.2, 0.25) is 0 Å². The van der Waals surface area contributed by atoms with Crippen molar-refractivity contribution in [2.24, 2.45) is 0 Å². The molecule has 3 rings (SSSR count). The number of carboxylic acids is 1. The standard InChI is InChI=1S/C18H23N3O3/c1-14-19-9-12-21(14)18(17(22)23)7-10-20(11-8-18)13-15-5-3-4-6-16(15)24-2/h3-6,9,12H,7-8,10-11,13H2,1-2H3,(H,22,23). The van der Waals surface area contributed by atoms with Gasteiger partial charge in [-0.25, -0.2) is 9.78 Å². The molecule has 6 nitrogen and oxygen atoms in total. The van der Waals surface area contributed by atoms with E-state index in [4.69, 9.17) is 4.74 Å². The Labute approximate surface area is 141 Å². The van der Waals surface area contributed by atoms with Crippen LogP contribution in [-0.2, 0) is 16.9 Å². The van der Waals surface area contributed by atoms with E-state index >= 15 is 0 Å². The van der Waals surface area contributed by atoms with Crippen molar-refractivity contribution in [1.82, 2.24) is 14.5 Å². The van der Waals surface area contributed by atoms with Gasteiger partial charge in [-0.1, -0.05) is 18.2 Å². The number of imidazole rings is 1. The van der Waals surface area contributed by atoms with Gasteiger partial charge in [0, 0.05) is 37.6 Å². The summed E-state index contributed by atoms with van der Waals surface area (Å²) in [5.74, 6) is 0.842. The highest BCUT2D eigenvalue weighted by atomic mass is 16.5. The summed E-state index contributed by atoms with van der Waals surface area (Å²) in [5.41, 5.74) is 0.236. The average Bonchev–Trinajstić information content (AvgIpc) is 3.02. The molecule has 128 valence electrons. The Bertz CT molecular complexity index is 718. The van der Waals surface area contributed by atoms with E-state index in [0.29, 0.717) is 12.8 Å². The first-order valence-electron chi connectivity index (χ1n) is 8.15. The number of benzene rings is 1. The smallest absolute Gasteiger partial charge is 0.330 e. The van der Waals surface area contributed by atoms with Gasteiger partial charge in [0.1, 0.15) is 17.1 Å². The van der Waals surface area contributed by atoms with Crippen LogP contribution in [0.25, 0.3) is 0 Å². The minimum absolute atomic E-state index is 0.564. The van der Waals surface area contributed by atoms with Crippen LogP contribution in [0.3, 0.4) is 0 Å². The summed E-state index contributed by atoms with van der Waals surface area (Å²) in [7, 11) is 1.67. The van der Waals surface area contributed by atoms with E-state index in [9.17, 15) is 9.90 Å². The monoisotopic (exact) mass is 329 g/mol. The van der Waals surface area contributed by atoms with Gasteiger partial charge >= 0.3 is 5.97 Å². The molecule has 0 radical (unpaired) electrons. The maximum absolute atomic E-state index is 12.0. The number of piperidine rings is 1. The zero-order valence-electron chi connectivity index (χ0n) is 14.1. The fourth-order valence-corrected chi connectivity index (χ4v) is 3.54. The zero-order valence-corrected chi connectivity index (χ0v) is 14.1. The highest BCUT2D eigenvalue weighted by Gasteiger charge is 2.43. The van der Waals surface area contributed by atoms with E-state index in [2.05, 4.69) is 16.0 Å². The first-order valence-corrected chi connectivity index (χ1v) is 8.15. The van der Waals surface area contributed by atoms with E-state index in [1.807, 2.05) is 29.7 Å². The summed E-state index contributed by atoms with van der Waals surface area (Å²) in [6.45, 7) is 4.07. The van der Waals surface area contributed by atoms with Gasteiger partial charge in [0.25, 0.3) is 0 Å². The summed E-state index contributed by atoms with van der Waals surface area (Å²) in [4.78, 5) is 18.5. The Morgan fingerprint density at radius 2 is 2.04 bits per heavy atom. The van der Waals surface area contributed by atoms with Crippen molar-refractivity contribution >= 4 is 5.97 Å². The fraction of sp³-hybridized carbons (Fsp3) is 0.444. The number of ether oxygens (including phenoxy) is 1. The Kier molecular flexibility index (Phi) is 4.57. The molecule has 0 atom stereocenters. The van der Waals surface area contributed by atoms with Gasteiger partial charge in [-0.15, -0.1) is 0 Å². The Morgan fingerprint density at radius 3 is 2.62 bits per heavy atom. The van der Waals surface area contributed by atoms with Crippen LogP contribution in [0, 0.1) is 6.92 Å². The second-order valence-corrected chi connectivity index (χ2v) is 6.27. The number of aromatic nitrogens is 2. The van der Waals surface area contributed by atoms with Crippen LogP contribution in [-0.4, -0.2) is 45.7 Å². The summed E-state index contributed by atoms with van der Waals surface area (Å²) < 4.78 is 7.22. The third kappa shape index (κ3) is 2.89. The van der Waals surface area contributed by atoms with Crippen LogP contribution < -0.4 is 4.74 Å². The number of aryl methyl sites for hydroxylation is 1. The summed E-state index contributed by atoms with van der Waals surface area (Å²) in [6, 6.07) is 7.96. The number of methoxy groups -OCH3 is 1. The lowest BCUT2D eigenvalue weighted by Crippen LogP contribution is -2.51. The molecular weight excluding hydrogens is 306 g/mol. The number of hydrogen-bond acceptors (Lipinski definition) is 4. The SMILES string of the molecule is COc1ccccc1CN1CCC(C(=O)O)(n2ccnc2C)CC1. The Balaban J connectivity index is 1.74. The fourth-order valence-electron chi connectivity index (χ4n) is 3.54. The topological polar surface area (TPSA) is 67.6 Å². The second-order valence-electron chi connectivity index (χ2n) is 6.27. The number of nitrogens with zero attached hydrogens (tertiary/aromatic N) is 3. The molecule has 0 saturated carbocycles. The summed E-state index contributed by atoms with van der Waals surface area (Å²) in [6.07, 6.45) is 4.57. The molecule has 1 N–H and O–H groups in total. The van der Waals surface area contributed by atoms with E-state index < -0.39 is 11.5 Å². The van der Waals surface area contributed by atoms with Gasteiger partial charge in [0.15, 0.2) is 0 Å². The molecule has 0 aliphatic carbocycles. The van der Waals surface area contributed by atoms with Gasteiger partial charge < -0.3 is 14.4 Å². The Hall–Kier alpha value is -2.34. The van der Waals surface area contributed by atoms with Crippen molar-refractivity contribution in [1.29, 1.82) is 0 Å². The van der Waals surface area contributed by atoms with Gasteiger partial charge in [-0.05, 0) is 25.8 Å². The highest BCUT2D eigenvalue weighted by Crippen LogP contribution is 2.33. The van der Waals surface area contributed by atoms with Crippen molar-refractivity contribution in [3.63, 3.8) is 0 Å². The lowest BCUT2D eigenvalue weighted by molar-refractivity contribution is -0.150. The van der Waals surface area contributed by atoms with Crippen molar-refractivity contribution in [3.05, 3.63) is 48.0 Å². The molecule has 0 amide bonds. The van der Waals surface area contributed by atoms with Gasteiger partial charge in [0.2, 0.25) is 0 Å². The number of carbonyl (C=O) groups is 1. The number of rotatable bonds is 5. The van der Waals surface area contributed by atoms with Crippen LogP contribution >= 0.6 is 0 Å². The molecule has 0 unspecified atom stereocenters. The number of aliphatic carboxylic acids is 1. The second kappa shape index (κ2) is 6.65. The third-order valence-electron chi connectivity index (χ3n) is 4.95. The van der Waals surface area contributed by atoms with E-state index in [0.717, 1.165) is 36.8 Å². The van der Waals surface area contributed by atoms with Crippen LogP contribution in [0.15, 0.2) is 36.7 Å². The minimum atomic E-state index is -0.891. The maximum atomic E-state index is 12.0. The van der Waals surface area contributed by atoms with Crippen LogP contribution in [0.1, 0.15) is 24.2 Å². The number of hydrogen-bond donors (Lipinski definition) is 1. The van der Waals surface area contributed by atoms with Gasteiger partial charge in [0.05, 0.1) is 7.11 Å². The molecule has 2 heterocycles. The normalized spacial score (nSPS) is 17.6. The Morgan fingerprint density at radius 1 is 1.33 bits per heavy atom. The average molecular weight is 329 g/mol. The van der Waals surface area contributed by atoms with Crippen molar-refractivity contribution in [3.8, 4) is 5.75 Å². The van der Waals surface area contributed by atoms with Crippen LogP contribution in [0.4, 0.5) is 0 Å². The molecule has 1 fully saturated rings. The molecule has 0 spiro atoms. The zero-order chi connectivity index (χ0) is 17.2.